The predicted octanol–water partition coefficient (Wildman–Crippen LogP) is 4.32. The lowest BCUT2D eigenvalue weighted by Gasteiger charge is -2.25. The van der Waals surface area contributed by atoms with E-state index in [1.807, 2.05) is 19.9 Å². The highest BCUT2D eigenvalue weighted by Gasteiger charge is 2.29. The Labute approximate surface area is 157 Å². The third-order valence-corrected chi connectivity index (χ3v) is 6.59. The van der Waals surface area contributed by atoms with Gasteiger partial charge in [0.1, 0.15) is 0 Å². The Hall–Kier alpha value is -0.723. The molecule has 4 nitrogen and oxygen atoms in total. The molecule has 5 heteroatoms. The van der Waals surface area contributed by atoms with E-state index < -0.39 is 8.56 Å². The van der Waals surface area contributed by atoms with Crippen molar-refractivity contribution < 1.29 is 8.85 Å². The molecule has 0 fully saturated rings. The highest BCUT2D eigenvalue weighted by molar-refractivity contribution is 6.66. The topological polar surface area (TPSA) is 42.5 Å². The third kappa shape index (κ3) is 14.2. The summed E-state index contributed by atoms with van der Waals surface area (Å²) in [5.41, 5.74) is 1.33. The lowest BCUT2D eigenvalue weighted by atomic mass is 10.2. The molecule has 0 amide bonds. The van der Waals surface area contributed by atoms with E-state index >= 15 is 0 Å². The molecule has 0 bridgehead atoms. The van der Waals surface area contributed by atoms with Crippen molar-refractivity contribution in [2.24, 2.45) is 0 Å². The first kappa shape index (κ1) is 24.3. The molecule has 0 aliphatic rings. The zero-order valence-corrected chi connectivity index (χ0v) is 18.1. The molecule has 0 aliphatic carbocycles. The zero-order valence-electron chi connectivity index (χ0n) is 17.1. The van der Waals surface area contributed by atoms with Gasteiger partial charge in [-0.3, -0.25) is 0 Å². The highest BCUT2D eigenvalue weighted by atomic mass is 28.4. The van der Waals surface area contributed by atoms with Crippen LogP contribution in [-0.4, -0.2) is 41.4 Å². The van der Waals surface area contributed by atoms with Gasteiger partial charge in [0.2, 0.25) is 0 Å². The van der Waals surface area contributed by atoms with Crippen LogP contribution in [0.4, 0.5) is 0 Å². The molecule has 1 aromatic rings. The van der Waals surface area contributed by atoms with Crippen LogP contribution in [-0.2, 0) is 15.4 Å². The number of benzene rings is 1. The van der Waals surface area contributed by atoms with Gasteiger partial charge in [-0.15, -0.1) is 0 Å². The van der Waals surface area contributed by atoms with E-state index in [9.17, 15) is 0 Å². The zero-order chi connectivity index (χ0) is 18.8. The van der Waals surface area contributed by atoms with E-state index in [0.717, 1.165) is 51.9 Å². The van der Waals surface area contributed by atoms with Crippen molar-refractivity contribution in [3.63, 3.8) is 0 Å². The van der Waals surface area contributed by atoms with Crippen LogP contribution in [0.2, 0.25) is 12.6 Å². The quantitative estimate of drug-likeness (QED) is 0.402. The van der Waals surface area contributed by atoms with Gasteiger partial charge in [-0.25, -0.2) is 0 Å². The van der Waals surface area contributed by atoms with E-state index in [1.54, 1.807) is 0 Å². The molecule has 0 aliphatic heterocycles. The summed E-state index contributed by atoms with van der Waals surface area (Å²) in [6.07, 6.45) is 2.36. The Kier molecular flexibility index (Phi) is 16.2. The Balaban J connectivity index is 0.00000178. The van der Waals surface area contributed by atoms with Crippen molar-refractivity contribution in [3.05, 3.63) is 35.9 Å². The maximum atomic E-state index is 5.84. The molecule has 0 spiro atoms. The van der Waals surface area contributed by atoms with Crippen molar-refractivity contribution in [1.29, 1.82) is 0 Å². The first-order valence-electron chi connectivity index (χ1n) is 9.85. The van der Waals surface area contributed by atoms with E-state index in [-0.39, 0.29) is 0 Å². The molecule has 2 N–H and O–H groups in total. The second kappa shape index (κ2) is 16.7. The van der Waals surface area contributed by atoms with Crippen LogP contribution in [0, 0.1) is 0 Å². The number of rotatable bonds is 13. The predicted molar refractivity (Wildman–Crippen MR) is 111 cm³/mol. The molecule has 0 unspecified atom stereocenters. The number of hydrogen-bond acceptors (Lipinski definition) is 4. The van der Waals surface area contributed by atoms with Crippen molar-refractivity contribution >= 4 is 8.56 Å². The van der Waals surface area contributed by atoms with Crippen LogP contribution in [0.1, 0.15) is 46.1 Å². The van der Waals surface area contributed by atoms with Crippen LogP contribution in [0.25, 0.3) is 0 Å². The summed E-state index contributed by atoms with van der Waals surface area (Å²) in [7, 11) is -1.92. The average molecular weight is 369 g/mol. The van der Waals surface area contributed by atoms with Gasteiger partial charge >= 0.3 is 8.56 Å². The Morgan fingerprint density at radius 2 is 1.40 bits per heavy atom. The molecule has 0 saturated carbocycles. The molecule has 0 saturated heterocycles. The molecular weight excluding hydrogens is 328 g/mol. The fraction of sp³-hybridized carbons (Fsp3) is 0.700. The van der Waals surface area contributed by atoms with Crippen LogP contribution >= 0.6 is 0 Å². The second-order valence-corrected chi connectivity index (χ2v) is 9.57. The SMILES string of the molecule is CCC.CCO[Si](C)(CCCNCCNCc1ccccc1)OCC. The summed E-state index contributed by atoms with van der Waals surface area (Å²) < 4.78 is 11.7. The van der Waals surface area contributed by atoms with Crippen molar-refractivity contribution in [3.8, 4) is 0 Å². The van der Waals surface area contributed by atoms with Crippen molar-refractivity contribution in [2.45, 2.75) is 59.7 Å². The molecule has 0 atom stereocenters. The normalized spacial score (nSPS) is 11.1. The van der Waals surface area contributed by atoms with Gasteiger partial charge in [-0.05, 0) is 45.0 Å². The van der Waals surface area contributed by atoms with Gasteiger partial charge in [-0.1, -0.05) is 50.6 Å². The van der Waals surface area contributed by atoms with Crippen LogP contribution in [0.5, 0.6) is 0 Å². The van der Waals surface area contributed by atoms with Gasteiger partial charge in [0.05, 0.1) is 0 Å². The number of nitrogens with one attached hydrogen (secondary N) is 2. The molecule has 0 heterocycles. The number of hydrogen-bond donors (Lipinski definition) is 2. The third-order valence-electron chi connectivity index (χ3n) is 3.53. The smallest absolute Gasteiger partial charge is 0.334 e. The fourth-order valence-electron chi connectivity index (χ4n) is 2.46. The molecule has 25 heavy (non-hydrogen) atoms. The highest BCUT2D eigenvalue weighted by Crippen LogP contribution is 2.15. The second-order valence-electron chi connectivity index (χ2n) is 6.22. The summed E-state index contributed by atoms with van der Waals surface area (Å²) >= 11 is 0. The summed E-state index contributed by atoms with van der Waals surface area (Å²) in [5.74, 6) is 0. The van der Waals surface area contributed by atoms with Crippen molar-refractivity contribution in [2.75, 3.05) is 32.8 Å². The standard InChI is InChI=1S/C17H32N2O2Si.C3H8/c1-4-20-22(3,21-5-2)15-9-12-18-13-14-19-16-17-10-7-6-8-11-17;1-3-2/h6-8,10-11,18-19H,4-5,9,12-16H2,1-3H3;3H2,1-2H3. The molecule has 146 valence electrons. The first-order valence-corrected chi connectivity index (χ1v) is 12.4. The van der Waals surface area contributed by atoms with Gasteiger partial charge in [-0.2, -0.15) is 0 Å². The average Bonchev–Trinajstić information content (AvgIpc) is 2.59. The summed E-state index contributed by atoms with van der Waals surface area (Å²) in [5, 5.41) is 6.92. The molecule has 0 aromatic heterocycles. The maximum absolute atomic E-state index is 5.84. The Morgan fingerprint density at radius 3 is 1.96 bits per heavy atom. The van der Waals surface area contributed by atoms with E-state index in [0.29, 0.717) is 0 Å². The van der Waals surface area contributed by atoms with Gasteiger partial charge < -0.3 is 19.5 Å². The molecule has 0 radical (unpaired) electrons. The largest absolute Gasteiger partial charge is 0.395 e. The monoisotopic (exact) mass is 368 g/mol. The van der Waals surface area contributed by atoms with Crippen LogP contribution in [0.3, 0.4) is 0 Å². The fourth-order valence-corrected chi connectivity index (χ4v) is 4.87. The van der Waals surface area contributed by atoms with Gasteiger partial charge in [0.25, 0.3) is 0 Å². The Morgan fingerprint density at radius 1 is 0.840 bits per heavy atom. The lowest BCUT2D eigenvalue weighted by Crippen LogP contribution is -2.39. The summed E-state index contributed by atoms with van der Waals surface area (Å²) in [4.78, 5) is 0. The lowest BCUT2D eigenvalue weighted by molar-refractivity contribution is 0.188. The van der Waals surface area contributed by atoms with Gasteiger partial charge in [0.15, 0.2) is 0 Å². The molecule has 1 aromatic carbocycles. The maximum Gasteiger partial charge on any atom is 0.334 e. The summed E-state index contributed by atoms with van der Waals surface area (Å²) in [6, 6.07) is 11.5. The molecular formula is C20H40N2O2Si. The van der Waals surface area contributed by atoms with E-state index in [2.05, 4.69) is 55.3 Å². The summed E-state index contributed by atoms with van der Waals surface area (Å²) in [6.45, 7) is 15.9. The van der Waals surface area contributed by atoms with Crippen LogP contribution < -0.4 is 10.6 Å². The van der Waals surface area contributed by atoms with Crippen molar-refractivity contribution in [1.82, 2.24) is 10.6 Å². The minimum Gasteiger partial charge on any atom is -0.395 e. The first-order chi connectivity index (χ1) is 12.1. The van der Waals surface area contributed by atoms with Gasteiger partial charge in [0, 0.05) is 32.8 Å². The molecule has 1 rings (SSSR count). The Bertz CT molecular complexity index is 385. The van der Waals surface area contributed by atoms with E-state index in [4.69, 9.17) is 8.85 Å². The van der Waals surface area contributed by atoms with E-state index in [1.165, 1.54) is 12.0 Å². The minimum absolute atomic E-state index is 0.750. The minimum atomic E-state index is -1.92. The van der Waals surface area contributed by atoms with Crippen LogP contribution in [0.15, 0.2) is 30.3 Å².